The third kappa shape index (κ3) is 5.05. The maximum Gasteiger partial charge on any atom is 0.270 e. The lowest BCUT2D eigenvalue weighted by atomic mass is 10.1. The third-order valence-electron chi connectivity index (χ3n) is 4.69. The van der Waals surface area contributed by atoms with E-state index in [9.17, 15) is 14.9 Å². The van der Waals surface area contributed by atoms with Crippen LogP contribution in [0.1, 0.15) is 15.9 Å². The van der Waals surface area contributed by atoms with Gasteiger partial charge in [0.1, 0.15) is 0 Å². The molecule has 0 aromatic heterocycles. The minimum Gasteiger partial charge on any atom is -0.387 e. The van der Waals surface area contributed by atoms with Gasteiger partial charge in [-0.3, -0.25) is 19.8 Å². The number of nitro groups is 1. The Labute approximate surface area is 163 Å². The molecule has 0 spiro atoms. The highest BCUT2D eigenvalue weighted by molar-refractivity contribution is 6.00. The Morgan fingerprint density at radius 2 is 2.07 bits per heavy atom. The molecule has 0 unspecified atom stereocenters. The minimum atomic E-state index is -0.512. The van der Waals surface area contributed by atoms with Crippen molar-refractivity contribution in [2.45, 2.75) is 12.6 Å². The van der Waals surface area contributed by atoms with Crippen molar-refractivity contribution in [3.63, 3.8) is 0 Å². The number of amides is 1. The van der Waals surface area contributed by atoms with Gasteiger partial charge in [-0.25, -0.2) is 0 Å². The van der Waals surface area contributed by atoms with E-state index in [1.165, 1.54) is 23.8 Å². The minimum absolute atomic E-state index is 0.118. The summed E-state index contributed by atoms with van der Waals surface area (Å²) in [6.07, 6.45) is -0.127. The van der Waals surface area contributed by atoms with Crippen molar-refractivity contribution in [3.05, 3.63) is 69.8 Å². The monoisotopic (exact) mass is 384 g/mol. The van der Waals surface area contributed by atoms with Gasteiger partial charge in [0, 0.05) is 51.0 Å². The zero-order chi connectivity index (χ0) is 19.9. The van der Waals surface area contributed by atoms with E-state index in [4.69, 9.17) is 4.74 Å². The molecule has 1 amide bonds. The molecular formula is C20H24N4O4. The first-order valence-corrected chi connectivity index (χ1v) is 9.19. The van der Waals surface area contributed by atoms with Crippen LogP contribution in [-0.2, 0) is 11.3 Å². The van der Waals surface area contributed by atoms with E-state index in [1.807, 2.05) is 18.2 Å². The van der Waals surface area contributed by atoms with Crippen molar-refractivity contribution in [3.8, 4) is 0 Å². The Balaban J connectivity index is 1.58. The number of nitrogens with zero attached hydrogens (tertiary/aromatic N) is 2. The van der Waals surface area contributed by atoms with Gasteiger partial charge in [-0.1, -0.05) is 30.3 Å². The van der Waals surface area contributed by atoms with Crippen LogP contribution in [0.5, 0.6) is 0 Å². The van der Waals surface area contributed by atoms with Crippen LogP contribution < -0.4 is 10.6 Å². The van der Waals surface area contributed by atoms with Gasteiger partial charge in [0.05, 0.1) is 23.2 Å². The van der Waals surface area contributed by atoms with Crippen LogP contribution >= 0.6 is 0 Å². The number of non-ortho nitro benzene ring substituents is 1. The molecule has 0 radical (unpaired) electrons. The summed E-state index contributed by atoms with van der Waals surface area (Å²) in [6.45, 7) is 3.34. The first-order valence-electron chi connectivity index (χ1n) is 9.19. The molecule has 1 heterocycles. The first kappa shape index (κ1) is 19.8. The molecular weight excluding hydrogens is 360 g/mol. The number of ether oxygens (including phenoxy) is 1. The molecule has 1 aliphatic rings. The van der Waals surface area contributed by atoms with Crippen LogP contribution in [0, 0.1) is 10.1 Å². The van der Waals surface area contributed by atoms with Crippen molar-refractivity contribution in [2.75, 3.05) is 38.6 Å². The van der Waals surface area contributed by atoms with E-state index < -0.39 is 4.92 Å². The van der Waals surface area contributed by atoms with Gasteiger partial charge in [0.2, 0.25) is 0 Å². The smallest absolute Gasteiger partial charge is 0.270 e. The number of hydrogen-bond donors (Lipinski definition) is 2. The molecule has 2 N–H and O–H groups in total. The average molecular weight is 384 g/mol. The molecule has 0 bridgehead atoms. The molecule has 8 heteroatoms. The van der Waals surface area contributed by atoms with Gasteiger partial charge in [-0.2, -0.15) is 0 Å². The fourth-order valence-electron chi connectivity index (χ4n) is 3.24. The Bertz CT molecular complexity index is 828. The maximum absolute atomic E-state index is 12.6. The van der Waals surface area contributed by atoms with Crippen molar-refractivity contribution in [1.82, 2.24) is 10.2 Å². The number of benzene rings is 2. The van der Waals surface area contributed by atoms with Crippen molar-refractivity contribution in [1.29, 1.82) is 0 Å². The lowest BCUT2D eigenvalue weighted by molar-refractivity contribution is -0.384. The predicted octanol–water partition coefficient (Wildman–Crippen LogP) is 2.27. The molecule has 1 atom stereocenters. The van der Waals surface area contributed by atoms with Crippen LogP contribution in [-0.4, -0.2) is 55.1 Å². The second-order valence-electron chi connectivity index (χ2n) is 6.66. The molecule has 0 aliphatic carbocycles. The Hall–Kier alpha value is -2.97. The molecule has 1 aliphatic heterocycles. The SMILES string of the molecule is CNc1ccc([N+](=O)[O-])cc1C(=O)NC[C@H]1CN(Cc2ccccc2)CCO1. The molecule has 148 valence electrons. The highest BCUT2D eigenvalue weighted by Gasteiger charge is 2.22. The van der Waals surface area contributed by atoms with Gasteiger partial charge in [-0.15, -0.1) is 0 Å². The summed E-state index contributed by atoms with van der Waals surface area (Å²) in [6, 6.07) is 14.4. The predicted molar refractivity (Wildman–Crippen MR) is 106 cm³/mol. The number of hydrogen-bond acceptors (Lipinski definition) is 6. The van der Waals surface area contributed by atoms with E-state index >= 15 is 0 Å². The summed E-state index contributed by atoms with van der Waals surface area (Å²) < 4.78 is 5.77. The standard InChI is InChI=1S/C20H24N4O4/c1-21-19-8-7-16(24(26)27)11-18(19)20(25)22-12-17-14-23(9-10-28-17)13-15-5-3-2-4-6-15/h2-8,11,17,21H,9-10,12-14H2,1H3,(H,22,25)/t17-/m0/s1. The zero-order valence-corrected chi connectivity index (χ0v) is 15.8. The normalized spacial score (nSPS) is 17.1. The number of nitro benzene ring substituents is 1. The van der Waals surface area contributed by atoms with Crippen molar-refractivity contribution >= 4 is 17.3 Å². The van der Waals surface area contributed by atoms with Crippen LogP contribution in [0.25, 0.3) is 0 Å². The summed E-state index contributed by atoms with van der Waals surface area (Å²) in [5.74, 6) is -0.364. The number of morpholine rings is 1. The van der Waals surface area contributed by atoms with Crippen molar-refractivity contribution < 1.29 is 14.5 Å². The summed E-state index contributed by atoms with van der Waals surface area (Å²) in [4.78, 5) is 25.3. The maximum atomic E-state index is 12.6. The van der Waals surface area contributed by atoms with Gasteiger partial charge < -0.3 is 15.4 Å². The summed E-state index contributed by atoms with van der Waals surface area (Å²) >= 11 is 0. The molecule has 1 saturated heterocycles. The molecule has 2 aromatic carbocycles. The quantitative estimate of drug-likeness (QED) is 0.561. The topological polar surface area (TPSA) is 96.7 Å². The number of carbonyl (C=O) groups excluding carboxylic acids is 1. The highest BCUT2D eigenvalue weighted by Crippen LogP contribution is 2.22. The lowest BCUT2D eigenvalue weighted by Gasteiger charge is -2.33. The van der Waals surface area contributed by atoms with Gasteiger partial charge in [0.15, 0.2) is 0 Å². The van der Waals surface area contributed by atoms with Crippen LogP contribution in [0.2, 0.25) is 0 Å². The molecule has 0 saturated carbocycles. The van der Waals surface area contributed by atoms with Crippen LogP contribution in [0.4, 0.5) is 11.4 Å². The Kier molecular flexibility index (Phi) is 6.57. The second kappa shape index (κ2) is 9.29. The van der Waals surface area contributed by atoms with E-state index in [0.717, 1.165) is 13.1 Å². The number of rotatable bonds is 7. The molecule has 1 fully saturated rings. The van der Waals surface area contributed by atoms with Crippen LogP contribution in [0.3, 0.4) is 0 Å². The van der Waals surface area contributed by atoms with Gasteiger partial charge >= 0.3 is 0 Å². The van der Waals surface area contributed by atoms with E-state index in [2.05, 4.69) is 27.7 Å². The largest absolute Gasteiger partial charge is 0.387 e. The summed E-state index contributed by atoms with van der Waals surface area (Å²) in [7, 11) is 1.67. The average Bonchev–Trinajstić information content (AvgIpc) is 2.72. The van der Waals surface area contributed by atoms with Crippen LogP contribution in [0.15, 0.2) is 48.5 Å². The third-order valence-corrected chi connectivity index (χ3v) is 4.69. The van der Waals surface area contributed by atoms with Gasteiger partial charge in [0.25, 0.3) is 11.6 Å². The van der Waals surface area contributed by atoms with E-state index in [-0.39, 0.29) is 23.3 Å². The summed E-state index contributed by atoms with van der Waals surface area (Å²) in [5.41, 5.74) is 1.90. The molecule has 3 rings (SSSR count). The molecule has 2 aromatic rings. The first-order chi connectivity index (χ1) is 13.6. The Morgan fingerprint density at radius 1 is 1.29 bits per heavy atom. The van der Waals surface area contributed by atoms with Gasteiger partial charge in [-0.05, 0) is 11.6 Å². The van der Waals surface area contributed by atoms with Crippen molar-refractivity contribution in [2.24, 2.45) is 0 Å². The van der Waals surface area contributed by atoms with E-state index in [0.29, 0.717) is 25.4 Å². The molecule has 28 heavy (non-hydrogen) atoms. The van der Waals surface area contributed by atoms with E-state index in [1.54, 1.807) is 7.05 Å². The zero-order valence-electron chi connectivity index (χ0n) is 15.8. The number of nitrogens with one attached hydrogen (secondary N) is 2. The molecule has 8 nitrogen and oxygen atoms in total. The lowest BCUT2D eigenvalue weighted by Crippen LogP contribution is -2.47. The fraction of sp³-hybridized carbons (Fsp3) is 0.350. The number of anilines is 1. The fourth-order valence-corrected chi connectivity index (χ4v) is 3.24. The second-order valence-corrected chi connectivity index (χ2v) is 6.66. The number of carbonyl (C=O) groups is 1. The highest BCUT2D eigenvalue weighted by atomic mass is 16.6. The summed E-state index contributed by atoms with van der Waals surface area (Å²) in [5, 5.41) is 16.7. The Morgan fingerprint density at radius 3 is 2.79 bits per heavy atom.